The number of aliphatic imine (C=N–C) groups is 1. The molecule has 9 heteroatoms. The zero-order valence-electron chi connectivity index (χ0n) is 20.8. The molecule has 1 heterocycles. The first-order valence-corrected chi connectivity index (χ1v) is 11.2. The molecule has 9 nitrogen and oxygen atoms in total. The second kappa shape index (κ2) is 12.5. The van der Waals surface area contributed by atoms with Crippen LogP contribution in [0.2, 0.25) is 0 Å². The normalized spacial score (nSPS) is 13.5. The second-order valence-electron chi connectivity index (χ2n) is 9.39. The lowest BCUT2D eigenvalue weighted by Gasteiger charge is -2.28. The van der Waals surface area contributed by atoms with Crippen molar-refractivity contribution in [2.75, 3.05) is 26.7 Å². The lowest BCUT2D eigenvalue weighted by Crippen LogP contribution is -2.45. The van der Waals surface area contributed by atoms with Gasteiger partial charge in [-0.3, -0.25) is 4.99 Å². The Hall–Kier alpha value is -2.32. The number of guanidine groups is 1. The SMILES string of the molecule is CCNC(=NCCc1nc(C(C)C)no1)N(C)CCC(NC(=O)OC(C)(C)C)C(C)C. The van der Waals surface area contributed by atoms with Gasteiger partial charge in [0.1, 0.15) is 5.60 Å². The van der Waals surface area contributed by atoms with E-state index >= 15 is 0 Å². The Kier molecular flexibility index (Phi) is 10.8. The van der Waals surface area contributed by atoms with Gasteiger partial charge in [-0.2, -0.15) is 4.98 Å². The van der Waals surface area contributed by atoms with Crippen molar-refractivity contribution < 1.29 is 14.1 Å². The van der Waals surface area contributed by atoms with E-state index in [9.17, 15) is 4.79 Å². The molecule has 1 aromatic rings. The number of alkyl carbamates (subject to hydrolysis) is 1. The first-order valence-electron chi connectivity index (χ1n) is 11.2. The number of ether oxygens (including phenoxy) is 1. The first-order chi connectivity index (χ1) is 14.4. The molecule has 0 aliphatic heterocycles. The van der Waals surface area contributed by atoms with Crippen LogP contribution in [0.25, 0.3) is 0 Å². The summed E-state index contributed by atoms with van der Waals surface area (Å²) in [4.78, 5) is 23.3. The highest BCUT2D eigenvalue weighted by molar-refractivity contribution is 5.79. The number of rotatable bonds is 10. The molecule has 0 aliphatic carbocycles. The summed E-state index contributed by atoms with van der Waals surface area (Å²) in [5.74, 6) is 2.67. The number of nitrogens with one attached hydrogen (secondary N) is 2. The molecular weight excluding hydrogens is 396 g/mol. The van der Waals surface area contributed by atoms with Gasteiger partial charge in [0.2, 0.25) is 5.89 Å². The Bertz CT molecular complexity index is 694. The number of hydrogen-bond acceptors (Lipinski definition) is 6. The number of amides is 1. The third-order valence-electron chi connectivity index (χ3n) is 4.57. The molecule has 1 atom stereocenters. The van der Waals surface area contributed by atoms with Gasteiger partial charge in [-0.05, 0) is 40.0 Å². The summed E-state index contributed by atoms with van der Waals surface area (Å²) in [6.45, 7) is 17.9. The summed E-state index contributed by atoms with van der Waals surface area (Å²) in [5, 5.41) is 10.3. The summed E-state index contributed by atoms with van der Waals surface area (Å²) in [5.41, 5.74) is -0.512. The molecule has 0 aliphatic rings. The van der Waals surface area contributed by atoms with Crippen molar-refractivity contribution in [3.05, 3.63) is 11.7 Å². The van der Waals surface area contributed by atoms with Crippen LogP contribution in [0.5, 0.6) is 0 Å². The molecule has 0 fully saturated rings. The molecule has 0 spiro atoms. The Labute approximate surface area is 187 Å². The van der Waals surface area contributed by atoms with E-state index in [2.05, 4.69) is 44.5 Å². The first kappa shape index (κ1) is 26.7. The molecule has 0 saturated heterocycles. The second-order valence-corrected chi connectivity index (χ2v) is 9.39. The smallest absolute Gasteiger partial charge is 0.407 e. The minimum absolute atomic E-state index is 0.00743. The standard InChI is InChI=1S/C22H42N6O3/c1-10-23-20(24-13-11-18-26-19(16(4)5)27-31-18)28(9)14-12-17(15(2)3)25-21(29)30-22(6,7)8/h15-17H,10-14H2,1-9H3,(H,23,24)(H,25,29). The lowest BCUT2D eigenvalue weighted by molar-refractivity contribution is 0.0486. The Morgan fingerprint density at radius 2 is 1.94 bits per heavy atom. The van der Waals surface area contributed by atoms with Crippen molar-refractivity contribution in [2.45, 2.75) is 85.8 Å². The highest BCUT2D eigenvalue weighted by Gasteiger charge is 2.22. The molecule has 178 valence electrons. The topological polar surface area (TPSA) is 105 Å². The highest BCUT2D eigenvalue weighted by Crippen LogP contribution is 2.12. The molecule has 0 saturated carbocycles. The van der Waals surface area contributed by atoms with Crippen molar-refractivity contribution >= 4 is 12.1 Å². The van der Waals surface area contributed by atoms with E-state index in [1.807, 2.05) is 48.6 Å². The summed E-state index contributed by atoms with van der Waals surface area (Å²) in [6.07, 6.45) is 0.992. The van der Waals surface area contributed by atoms with Crippen LogP contribution in [-0.4, -0.2) is 65.4 Å². The largest absolute Gasteiger partial charge is 0.444 e. The third-order valence-corrected chi connectivity index (χ3v) is 4.57. The van der Waals surface area contributed by atoms with Gasteiger partial charge in [-0.1, -0.05) is 32.9 Å². The van der Waals surface area contributed by atoms with Gasteiger partial charge in [0, 0.05) is 38.5 Å². The number of nitrogens with zero attached hydrogens (tertiary/aromatic N) is 4. The average molecular weight is 439 g/mol. The van der Waals surface area contributed by atoms with E-state index in [-0.39, 0.29) is 24.0 Å². The Morgan fingerprint density at radius 1 is 1.26 bits per heavy atom. The van der Waals surface area contributed by atoms with Crippen LogP contribution in [0.15, 0.2) is 9.52 Å². The van der Waals surface area contributed by atoms with Crippen LogP contribution in [0.1, 0.15) is 79.4 Å². The van der Waals surface area contributed by atoms with Crippen molar-refractivity contribution in [3.63, 3.8) is 0 Å². The van der Waals surface area contributed by atoms with Crippen LogP contribution < -0.4 is 10.6 Å². The summed E-state index contributed by atoms with van der Waals surface area (Å²) in [7, 11) is 2.00. The molecule has 0 bridgehead atoms. The minimum Gasteiger partial charge on any atom is -0.444 e. The predicted octanol–water partition coefficient (Wildman–Crippen LogP) is 3.57. The molecule has 0 aromatic carbocycles. The Morgan fingerprint density at radius 3 is 2.45 bits per heavy atom. The van der Waals surface area contributed by atoms with Gasteiger partial charge in [0.25, 0.3) is 0 Å². The van der Waals surface area contributed by atoms with Crippen molar-refractivity contribution in [2.24, 2.45) is 10.9 Å². The fourth-order valence-corrected chi connectivity index (χ4v) is 2.80. The maximum atomic E-state index is 12.2. The van der Waals surface area contributed by atoms with Gasteiger partial charge in [-0.15, -0.1) is 0 Å². The van der Waals surface area contributed by atoms with E-state index in [1.54, 1.807) is 0 Å². The highest BCUT2D eigenvalue weighted by atomic mass is 16.6. The number of aromatic nitrogens is 2. The van der Waals surface area contributed by atoms with Gasteiger partial charge < -0.3 is 24.8 Å². The zero-order valence-corrected chi connectivity index (χ0v) is 20.8. The molecule has 2 N–H and O–H groups in total. The van der Waals surface area contributed by atoms with E-state index in [4.69, 9.17) is 9.26 Å². The van der Waals surface area contributed by atoms with Gasteiger partial charge in [-0.25, -0.2) is 4.79 Å². The fourth-order valence-electron chi connectivity index (χ4n) is 2.80. The van der Waals surface area contributed by atoms with Crippen LogP contribution in [-0.2, 0) is 11.2 Å². The third kappa shape index (κ3) is 10.5. The lowest BCUT2D eigenvalue weighted by atomic mass is 10.0. The number of carbonyl (C=O) groups is 1. The predicted molar refractivity (Wildman–Crippen MR) is 123 cm³/mol. The summed E-state index contributed by atoms with van der Waals surface area (Å²) >= 11 is 0. The van der Waals surface area contributed by atoms with Crippen molar-refractivity contribution in [1.82, 2.24) is 25.7 Å². The van der Waals surface area contributed by atoms with Crippen molar-refractivity contribution in [1.29, 1.82) is 0 Å². The van der Waals surface area contributed by atoms with E-state index in [0.717, 1.165) is 31.3 Å². The van der Waals surface area contributed by atoms with Crippen LogP contribution in [0.3, 0.4) is 0 Å². The quantitative estimate of drug-likeness (QED) is 0.425. The van der Waals surface area contributed by atoms with Gasteiger partial charge in [0.05, 0.1) is 6.54 Å². The van der Waals surface area contributed by atoms with Crippen LogP contribution in [0.4, 0.5) is 4.79 Å². The van der Waals surface area contributed by atoms with Crippen LogP contribution >= 0.6 is 0 Å². The number of hydrogen-bond donors (Lipinski definition) is 2. The monoisotopic (exact) mass is 438 g/mol. The molecule has 1 rings (SSSR count). The maximum Gasteiger partial charge on any atom is 0.407 e. The summed E-state index contributed by atoms with van der Waals surface area (Å²) < 4.78 is 10.7. The van der Waals surface area contributed by atoms with Crippen molar-refractivity contribution in [3.8, 4) is 0 Å². The Balaban J connectivity index is 2.63. The maximum absolute atomic E-state index is 12.2. The summed E-state index contributed by atoms with van der Waals surface area (Å²) in [6, 6.07) is 0.00743. The minimum atomic E-state index is -0.512. The van der Waals surface area contributed by atoms with Gasteiger partial charge >= 0.3 is 6.09 Å². The number of carbonyl (C=O) groups excluding carboxylic acids is 1. The molecule has 1 amide bonds. The zero-order chi connectivity index (χ0) is 23.6. The molecule has 31 heavy (non-hydrogen) atoms. The van der Waals surface area contributed by atoms with E-state index in [0.29, 0.717) is 18.9 Å². The molecule has 1 aromatic heterocycles. The molecule has 1 unspecified atom stereocenters. The van der Waals surface area contributed by atoms with E-state index < -0.39 is 5.60 Å². The fraction of sp³-hybridized carbons (Fsp3) is 0.818. The van der Waals surface area contributed by atoms with E-state index in [1.165, 1.54) is 0 Å². The molecule has 0 radical (unpaired) electrons. The average Bonchev–Trinajstić information content (AvgIpc) is 3.11. The van der Waals surface area contributed by atoms with Crippen LogP contribution in [0, 0.1) is 5.92 Å². The van der Waals surface area contributed by atoms with Gasteiger partial charge in [0.15, 0.2) is 11.8 Å². The molecular formula is C22H42N6O3.